The summed E-state index contributed by atoms with van der Waals surface area (Å²) < 4.78 is 6.87. The Balaban J connectivity index is 1.78. The van der Waals surface area contributed by atoms with Crippen molar-refractivity contribution in [2.24, 2.45) is 0 Å². The van der Waals surface area contributed by atoms with E-state index in [2.05, 4.69) is 0 Å². The van der Waals surface area contributed by atoms with Gasteiger partial charge in [-0.3, -0.25) is 19.0 Å². The zero-order valence-corrected chi connectivity index (χ0v) is 14.8. The predicted octanol–water partition coefficient (Wildman–Crippen LogP) is 2.13. The van der Waals surface area contributed by atoms with Gasteiger partial charge in [0.15, 0.2) is 0 Å². The van der Waals surface area contributed by atoms with Gasteiger partial charge in [-0.2, -0.15) is 0 Å². The molecule has 6 nitrogen and oxygen atoms in total. The third-order valence-corrected chi connectivity index (χ3v) is 5.14. The standard InChI is InChI=1S/C18H20N2O4S/c1-13-12-25-18(23)20(13)11-15(21)24-16(14-7-3-2-4-8-14)17(22)19-9-5-6-10-19/h2-4,7-8,12,16H,5-6,9-11H2,1H3/t16-/m1/s1. The van der Waals surface area contributed by atoms with Crippen molar-refractivity contribution in [3.8, 4) is 0 Å². The first kappa shape index (κ1) is 17.4. The van der Waals surface area contributed by atoms with E-state index < -0.39 is 12.1 Å². The first-order chi connectivity index (χ1) is 12.1. The number of nitrogens with zero attached hydrogens (tertiary/aromatic N) is 2. The number of thiazole rings is 1. The smallest absolute Gasteiger partial charge is 0.327 e. The highest BCUT2D eigenvalue weighted by Crippen LogP contribution is 2.23. The van der Waals surface area contributed by atoms with Crippen LogP contribution in [0.4, 0.5) is 0 Å². The molecule has 1 aromatic carbocycles. The number of hydrogen-bond donors (Lipinski definition) is 0. The molecule has 0 aliphatic carbocycles. The summed E-state index contributed by atoms with van der Waals surface area (Å²) >= 11 is 1.04. The number of amides is 1. The van der Waals surface area contributed by atoms with E-state index in [1.807, 2.05) is 6.07 Å². The van der Waals surface area contributed by atoms with Gasteiger partial charge >= 0.3 is 10.8 Å². The molecule has 132 valence electrons. The third kappa shape index (κ3) is 3.99. The van der Waals surface area contributed by atoms with Crippen LogP contribution < -0.4 is 4.87 Å². The highest BCUT2D eigenvalue weighted by Gasteiger charge is 2.31. The van der Waals surface area contributed by atoms with Crippen molar-refractivity contribution in [1.82, 2.24) is 9.47 Å². The largest absolute Gasteiger partial charge is 0.446 e. The van der Waals surface area contributed by atoms with Crippen molar-refractivity contribution in [2.45, 2.75) is 32.4 Å². The number of likely N-dealkylation sites (tertiary alicyclic amines) is 1. The number of carbonyl (C=O) groups is 2. The lowest BCUT2D eigenvalue weighted by molar-refractivity contribution is -0.161. The summed E-state index contributed by atoms with van der Waals surface area (Å²) in [4.78, 5) is 38.5. The molecule has 7 heteroatoms. The van der Waals surface area contributed by atoms with Crippen LogP contribution in [0.2, 0.25) is 0 Å². The van der Waals surface area contributed by atoms with Crippen molar-refractivity contribution < 1.29 is 14.3 Å². The Morgan fingerprint density at radius 1 is 1.20 bits per heavy atom. The van der Waals surface area contributed by atoms with Crippen LogP contribution in [0.15, 0.2) is 40.5 Å². The van der Waals surface area contributed by atoms with Crippen LogP contribution in [0.1, 0.15) is 30.2 Å². The van der Waals surface area contributed by atoms with Crippen LogP contribution >= 0.6 is 11.3 Å². The van der Waals surface area contributed by atoms with Crippen LogP contribution in [0.3, 0.4) is 0 Å². The van der Waals surface area contributed by atoms with E-state index in [1.165, 1.54) is 4.57 Å². The average Bonchev–Trinajstić information content (AvgIpc) is 3.26. The van der Waals surface area contributed by atoms with Crippen LogP contribution in [-0.4, -0.2) is 34.4 Å². The van der Waals surface area contributed by atoms with Gasteiger partial charge in [-0.1, -0.05) is 41.7 Å². The Kier molecular flexibility index (Phi) is 5.33. The lowest BCUT2D eigenvalue weighted by atomic mass is 10.1. The fourth-order valence-corrected chi connectivity index (χ4v) is 3.62. The molecule has 0 unspecified atom stereocenters. The molecule has 1 atom stereocenters. The molecule has 3 rings (SSSR count). The lowest BCUT2D eigenvalue weighted by Crippen LogP contribution is -2.35. The minimum atomic E-state index is -0.971. The molecule has 25 heavy (non-hydrogen) atoms. The van der Waals surface area contributed by atoms with E-state index in [-0.39, 0.29) is 17.3 Å². The zero-order valence-electron chi connectivity index (χ0n) is 14.0. The predicted molar refractivity (Wildman–Crippen MR) is 94.4 cm³/mol. The first-order valence-electron chi connectivity index (χ1n) is 8.24. The fourth-order valence-electron chi connectivity index (χ4n) is 2.89. The Labute approximate surface area is 149 Å². The molecule has 1 aliphatic rings. The molecule has 0 spiro atoms. The van der Waals surface area contributed by atoms with Gasteiger partial charge in [0.25, 0.3) is 5.91 Å². The molecule has 0 saturated carbocycles. The summed E-state index contributed by atoms with van der Waals surface area (Å²) in [5.41, 5.74) is 1.34. The maximum absolute atomic E-state index is 12.8. The van der Waals surface area contributed by atoms with Gasteiger partial charge in [0.2, 0.25) is 6.10 Å². The molecule has 1 aliphatic heterocycles. The number of hydrogen-bond acceptors (Lipinski definition) is 5. The van der Waals surface area contributed by atoms with E-state index in [9.17, 15) is 14.4 Å². The lowest BCUT2D eigenvalue weighted by Gasteiger charge is -2.23. The second-order valence-electron chi connectivity index (χ2n) is 6.04. The van der Waals surface area contributed by atoms with Crippen molar-refractivity contribution in [3.05, 3.63) is 56.6 Å². The summed E-state index contributed by atoms with van der Waals surface area (Å²) in [6, 6.07) is 9.00. The molecule has 2 heterocycles. The second-order valence-corrected chi connectivity index (χ2v) is 6.86. The molecule has 1 saturated heterocycles. The van der Waals surface area contributed by atoms with Crippen molar-refractivity contribution in [3.63, 3.8) is 0 Å². The Hall–Kier alpha value is -2.41. The van der Waals surface area contributed by atoms with Crippen LogP contribution in [0, 0.1) is 6.92 Å². The molecule has 2 aromatic rings. The Morgan fingerprint density at radius 2 is 1.88 bits per heavy atom. The molecule has 1 aromatic heterocycles. The van der Waals surface area contributed by atoms with E-state index in [0.29, 0.717) is 24.3 Å². The number of aromatic nitrogens is 1. The van der Waals surface area contributed by atoms with Gasteiger partial charge in [-0.15, -0.1) is 0 Å². The number of benzene rings is 1. The quantitative estimate of drug-likeness (QED) is 0.766. The average molecular weight is 360 g/mol. The minimum absolute atomic E-state index is 0.190. The normalized spacial score (nSPS) is 15.2. The van der Waals surface area contributed by atoms with Crippen molar-refractivity contribution >= 4 is 23.2 Å². The molecule has 0 bridgehead atoms. The third-order valence-electron chi connectivity index (χ3n) is 4.26. The monoisotopic (exact) mass is 360 g/mol. The van der Waals surface area contributed by atoms with Crippen molar-refractivity contribution in [2.75, 3.05) is 13.1 Å². The van der Waals surface area contributed by atoms with Gasteiger partial charge in [0.1, 0.15) is 6.54 Å². The maximum atomic E-state index is 12.8. The van der Waals surface area contributed by atoms with Gasteiger partial charge in [0, 0.05) is 29.7 Å². The fraction of sp³-hybridized carbons (Fsp3) is 0.389. The Bertz CT molecular complexity index is 806. The van der Waals surface area contributed by atoms with Crippen LogP contribution in [0.5, 0.6) is 0 Å². The summed E-state index contributed by atoms with van der Waals surface area (Å²) in [6.45, 7) is 2.94. The molecule has 0 N–H and O–H groups in total. The van der Waals surface area contributed by atoms with Crippen LogP contribution in [-0.2, 0) is 20.9 Å². The molecule has 0 radical (unpaired) electrons. The van der Waals surface area contributed by atoms with Crippen molar-refractivity contribution in [1.29, 1.82) is 0 Å². The highest BCUT2D eigenvalue weighted by molar-refractivity contribution is 7.07. The summed E-state index contributed by atoms with van der Waals surface area (Å²) in [5, 5.41) is 1.69. The molecule has 1 fully saturated rings. The SMILES string of the molecule is Cc1csc(=O)n1CC(=O)O[C@@H](C(=O)N1CCCC1)c1ccccc1. The zero-order chi connectivity index (χ0) is 17.8. The van der Waals surface area contributed by atoms with E-state index in [0.717, 1.165) is 24.2 Å². The van der Waals surface area contributed by atoms with Gasteiger partial charge < -0.3 is 9.64 Å². The number of carbonyl (C=O) groups excluding carboxylic acids is 2. The van der Waals surface area contributed by atoms with Gasteiger partial charge in [-0.25, -0.2) is 0 Å². The first-order valence-corrected chi connectivity index (χ1v) is 9.12. The Morgan fingerprint density at radius 3 is 2.48 bits per heavy atom. The summed E-state index contributed by atoms with van der Waals surface area (Å²) in [7, 11) is 0. The number of ether oxygens (including phenoxy) is 1. The number of rotatable bonds is 5. The summed E-state index contributed by atoms with van der Waals surface area (Å²) in [5.74, 6) is -0.795. The van der Waals surface area contributed by atoms with Crippen LogP contribution in [0.25, 0.3) is 0 Å². The molecular weight excluding hydrogens is 340 g/mol. The van der Waals surface area contributed by atoms with E-state index in [4.69, 9.17) is 4.74 Å². The van der Waals surface area contributed by atoms with Gasteiger partial charge in [0.05, 0.1) is 0 Å². The molecular formula is C18H20N2O4S. The second kappa shape index (κ2) is 7.65. The van der Waals surface area contributed by atoms with Gasteiger partial charge in [-0.05, 0) is 19.8 Å². The molecule has 1 amide bonds. The maximum Gasteiger partial charge on any atom is 0.327 e. The summed E-state index contributed by atoms with van der Waals surface area (Å²) in [6.07, 6.45) is 0.955. The number of esters is 1. The minimum Gasteiger partial charge on any atom is -0.446 e. The number of aryl methyl sites for hydroxylation is 1. The topological polar surface area (TPSA) is 68.6 Å². The highest BCUT2D eigenvalue weighted by atomic mass is 32.1. The van der Waals surface area contributed by atoms with E-state index in [1.54, 1.807) is 41.5 Å². The van der Waals surface area contributed by atoms with E-state index >= 15 is 0 Å².